The summed E-state index contributed by atoms with van der Waals surface area (Å²) in [5, 5.41) is 0. The topological polar surface area (TPSA) is 28.1 Å². The van der Waals surface area contributed by atoms with Crippen LogP contribution in [0.3, 0.4) is 0 Å². The lowest BCUT2D eigenvalue weighted by atomic mass is 9.89. The molecule has 1 aliphatic rings. The Labute approximate surface area is 157 Å². The van der Waals surface area contributed by atoms with E-state index in [0.29, 0.717) is 0 Å². The molecule has 1 aromatic rings. The van der Waals surface area contributed by atoms with Crippen LogP contribution in [0.1, 0.15) is 36.5 Å². The maximum atomic E-state index is 6.12. The molecule has 0 saturated heterocycles. The second-order valence-electron chi connectivity index (χ2n) is 6.27. The molecule has 23 heavy (non-hydrogen) atoms. The molecule has 5 heteroatoms. The van der Waals surface area contributed by atoms with Crippen molar-refractivity contribution in [3.8, 4) is 0 Å². The maximum Gasteiger partial charge on any atom is 0.195 e. The van der Waals surface area contributed by atoms with Crippen molar-refractivity contribution >= 4 is 29.9 Å². The van der Waals surface area contributed by atoms with Crippen molar-refractivity contribution in [3.05, 3.63) is 35.4 Å². The highest BCUT2D eigenvalue weighted by atomic mass is 127. The Bertz CT molecular complexity index is 493. The van der Waals surface area contributed by atoms with Gasteiger partial charge in [0, 0.05) is 41.3 Å². The van der Waals surface area contributed by atoms with Gasteiger partial charge < -0.3 is 14.5 Å². The van der Waals surface area contributed by atoms with E-state index in [1.165, 1.54) is 24.0 Å². The van der Waals surface area contributed by atoms with Crippen LogP contribution in [0.2, 0.25) is 0 Å². The Kier molecular flexibility index (Phi) is 8.91. The predicted molar refractivity (Wildman–Crippen MR) is 108 cm³/mol. The Hall–Kier alpha value is -0.820. The van der Waals surface area contributed by atoms with Gasteiger partial charge in [-0.15, -0.1) is 24.0 Å². The summed E-state index contributed by atoms with van der Waals surface area (Å²) in [7, 11) is 8.09. The average Bonchev–Trinajstić information content (AvgIpc) is 2.50. The SMILES string of the molecule is CN(C)C(=NCCCOC1CCCc2ccccc21)N(C)C.I. The fourth-order valence-corrected chi connectivity index (χ4v) is 3.03. The number of nitrogens with zero attached hydrogens (tertiary/aromatic N) is 3. The van der Waals surface area contributed by atoms with Crippen LogP contribution in [0.25, 0.3) is 0 Å². The number of aliphatic imine (C=N–C) groups is 1. The Morgan fingerprint density at radius 3 is 2.57 bits per heavy atom. The summed E-state index contributed by atoms with van der Waals surface area (Å²) in [5.74, 6) is 1.00. The Balaban J connectivity index is 0.00000264. The lowest BCUT2D eigenvalue weighted by Gasteiger charge is -2.25. The van der Waals surface area contributed by atoms with Gasteiger partial charge in [0.25, 0.3) is 0 Å². The van der Waals surface area contributed by atoms with Crippen LogP contribution in [0.15, 0.2) is 29.3 Å². The minimum Gasteiger partial charge on any atom is -0.373 e. The van der Waals surface area contributed by atoms with Gasteiger partial charge in [-0.1, -0.05) is 24.3 Å². The highest BCUT2D eigenvalue weighted by Crippen LogP contribution is 2.32. The van der Waals surface area contributed by atoms with Gasteiger partial charge in [0.1, 0.15) is 0 Å². The molecule has 1 aliphatic carbocycles. The van der Waals surface area contributed by atoms with Gasteiger partial charge >= 0.3 is 0 Å². The zero-order chi connectivity index (χ0) is 15.9. The first-order chi connectivity index (χ1) is 10.6. The number of aryl methyl sites for hydroxylation is 1. The van der Waals surface area contributed by atoms with Crippen LogP contribution in [-0.4, -0.2) is 57.1 Å². The lowest BCUT2D eigenvalue weighted by Crippen LogP contribution is -2.35. The summed E-state index contributed by atoms with van der Waals surface area (Å²) in [6, 6.07) is 8.69. The van der Waals surface area contributed by atoms with Gasteiger partial charge in [0.15, 0.2) is 5.96 Å². The number of hydrogen-bond donors (Lipinski definition) is 0. The third kappa shape index (κ3) is 5.95. The molecule has 0 radical (unpaired) electrons. The number of hydrogen-bond acceptors (Lipinski definition) is 2. The molecule has 0 bridgehead atoms. The van der Waals surface area contributed by atoms with Crippen molar-refractivity contribution < 1.29 is 4.74 Å². The molecule has 0 fully saturated rings. The van der Waals surface area contributed by atoms with E-state index in [1.54, 1.807) is 0 Å². The van der Waals surface area contributed by atoms with Crippen LogP contribution >= 0.6 is 24.0 Å². The average molecular weight is 431 g/mol. The van der Waals surface area contributed by atoms with E-state index in [2.05, 4.69) is 29.3 Å². The largest absolute Gasteiger partial charge is 0.373 e. The predicted octanol–water partition coefficient (Wildman–Crippen LogP) is 3.57. The number of halogens is 1. The quantitative estimate of drug-likeness (QED) is 0.309. The number of benzene rings is 1. The summed E-state index contributed by atoms with van der Waals surface area (Å²) in [6.45, 7) is 1.58. The molecule has 1 unspecified atom stereocenters. The van der Waals surface area contributed by atoms with E-state index in [-0.39, 0.29) is 30.1 Å². The monoisotopic (exact) mass is 431 g/mol. The molecule has 0 amide bonds. The van der Waals surface area contributed by atoms with Crippen LogP contribution < -0.4 is 0 Å². The fraction of sp³-hybridized carbons (Fsp3) is 0.611. The van der Waals surface area contributed by atoms with Crippen LogP contribution in [0.4, 0.5) is 0 Å². The van der Waals surface area contributed by atoms with E-state index in [4.69, 9.17) is 4.74 Å². The third-order valence-corrected chi connectivity index (χ3v) is 3.99. The van der Waals surface area contributed by atoms with E-state index < -0.39 is 0 Å². The molecular formula is C18H30IN3O. The molecule has 0 saturated carbocycles. The van der Waals surface area contributed by atoms with E-state index in [0.717, 1.165) is 32.0 Å². The second kappa shape index (κ2) is 10.1. The van der Waals surface area contributed by atoms with Gasteiger partial charge in [-0.05, 0) is 36.8 Å². The smallest absolute Gasteiger partial charge is 0.195 e. The zero-order valence-electron chi connectivity index (χ0n) is 14.8. The summed E-state index contributed by atoms with van der Waals surface area (Å²) in [6.07, 6.45) is 4.79. The van der Waals surface area contributed by atoms with E-state index >= 15 is 0 Å². The van der Waals surface area contributed by atoms with E-state index in [9.17, 15) is 0 Å². The molecule has 0 heterocycles. The van der Waals surface area contributed by atoms with Crippen molar-refractivity contribution in [1.29, 1.82) is 0 Å². The van der Waals surface area contributed by atoms with Gasteiger partial charge in [0.2, 0.25) is 0 Å². The fourth-order valence-electron chi connectivity index (χ4n) is 3.03. The first-order valence-electron chi connectivity index (χ1n) is 8.18. The molecule has 2 rings (SSSR count). The molecule has 1 atom stereocenters. The molecule has 130 valence electrons. The highest BCUT2D eigenvalue weighted by molar-refractivity contribution is 14.0. The normalized spacial score (nSPS) is 16.1. The number of guanidine groups is 1. The minimum absolute atomic E-state index is 0. The van der Waals surface area contributed by atoms with Crippen LogP contribution in [0, 0.1) is 0 Å². The maximum absolute atomic E-state index is 6.12. The first kappa shape index (κ1) is 20.2. The molecule has 0 N–H and O–H groups in total. The molecule has 1 aromatic carbocycles. The van der Waals surface area contributed by atoms with Gasteiger partial charge in [-0.25, -0.2) is 0 Å². The Morgan fingerprint density at radius 1 is 1.17 bits per heavy atom. The van der Waals surface area contributed by atoms with E-state index in [1.807, 2.05) is 38.0 Å². The molecule has 0 spiro atoms. The lowest BCUT2D eigenvalue weighted by molar-refractivity contribution is 0.0402. The summed E-state index contributed by atoms with van der Waals surface area (Å²) >= 11 is 0. The number of fused-ring (bicyclic) bond motifs is 1. The van der Waals surface area contributed by atoms with Crippen molar-refractivity contribution in [2.75, 3.05) is 41.3 Å². The van der Waals surface area contributed by atoms with Crippen LogP contribution in [-0.2, 0) is 11.2 Å². The van der Waals surface area contributed by atoms with Crippen molar-refractivity contribution in [3.63, 3.8) is 0 Å². The second-order valence-corrected chi connectivity index (χ2v) is 6.27. The van der Waals surface area contributed by atoms with Gasteiger partial charge in [0.05, 0.1) is 6.10 Å². The van der Waals surface area contributed by atoms with Crippen molar-refractivity contribution in [2.45, 2.75) is 31.8 Å². The number of rotatable bonds is 5. The van der Waals surface area contributed by atoms with Crippen molar-refractivity contribution in [1.82, 2.24) is 9.80 Å². The molecule has 0 aliphatic heterocycles. The van der Waals surface area contributed by atoms with Crippen LogP contribution in [0.5, 0.6) is 0 Å². The van der Waals surface area contributed by atoms with Crippen molar-refractivity contribution in [2.24, 2.45) is 4.99 Å². The third-order valence-electron chi connectivity index (χ3n) is 3.99. The first-order valence-corrected chi connectivity index (χ1v) is 8.18. The Morgan fingerprint density at radius 2 is 1.87 bits per heavy atom. The highest BCUT2D eigenvalue weighted by Gasteiger charge is 2.19. The van der Waals surface area contributed by atoms with Gasteiger partial charge in [-0.2, -0.15) is 0 Å². The molecule has 0 aromatic heterocycles. The zero-order valence-corrected chi connectivity index (χ0v) is 17.1. The summed E-state index contributed by atoms with van der Waals surface area (Å²) < 4.78 is 6.12. The minimum atomic E-state index is 0. The molecular weight excluding hydrogens is 401 g/mol. The molecule has 4 nitrogen and oxygen atoms in total. The summed E-state index contributed by atoms with van der Waals surface area (Å²) in [4.78, 5) is 8.72. The van der Waals surface area contributed by atoms with Gasteiger partial charge in [-0.3, -0.25) is 4.99 Å². The standard InChI is InChI=1S/C18H29N3O.HI/c1-20(2)18(21(3)4)19-13-8-14-22-17-12-7-10-15-9-5-6-11-16(15)17;/h5-6,9,11,17H,7-8,10,12-14H2,1-4H3;1H. The number of ether oxygens (including phenoxy) is 1. The summed E-state index contributed by atoms with van der Waals surface area (Å²) in [5.41, 5.74) is 2.85.